The summed E-state index contributed by atoms with van der Waals surface area (Å²) < 4.78 is 24.4. The Morgan fingerprint density at radius 1 is 1.36 bits per heavy atom. The summed E-state index contributed by atoms with van der Waals surface area (Å²) in [6.07, 6.45) is 2.36. The van der Waals surface area contributed by atoms with Crippen LogP contribution in [0.15, 0.2) is 45.7 Å². The molecule has 2 heterocycles. The number of nitrogens with one attached hydrogen (secondary N) is 1. The number of hydrogen-bond donors (Lipinski definition) is 1. The minimum atomic E-state index is -3.44. The highest BCUT2D eigenvalue weighted by Crippen LogP contribution is 2.25. The van der Waals surface area contributed by atoms with Crippen molar-refractivity contribution in [3.63, 3.8) is 0 Å². The van der Waals surface area contributed by atoms with E-state index in [2.05, 4.69) is 10.3 Å². The van der Waals surface area contributed by atoms with Gasteiger partial charge < -0.3 is 5.32 Å². The van der Waals surface area contributed by atoms with Crippen molar-refractivity contribution in [1.29, 1.82) is 0 Å². The van der Waals surface area contributed by atoms with Crippen LogP contribution in [0.2, 0.25) is 5.02 Å². The van der Waals surface area contributed by atoms with E-state index in [-0.39, 0.29) is 27.7 Å². The second kappa shape index (κ2) is 6.58. The van der Waals surface area contributed by atoms with Crippen LogP contribution >= 0.6 is 22.9 Å². The smallest absolute Gasteiger partial charge is 0.262 e. The van der Waals surface area contributed by atoms with Crippen LogP contribution in [-0.2, 0) is 21.2 Å². The van der Waals surface area contributed by atoms with E-state index in [4.69, 9.17) is 11.6 Å². The topological polar surface area (TPSA) is 98.1 Å². The molecule has 0 saturated heterocycles. The van der Waals surface area contributed by atoms with Crippen LogP contribution in [0.1, 0.15) is 0 Å². The van der Waals surface area contributed by atoms with Gasteiger partial charge in [0.25, 0.3) is 5.56 Å². The Kier molecular flexibility index (Phi) is 4.63. The van der Waals surface area contributed by atoms with Crippen molar-refractivity contribution in [2.45, 2.75) is 11.4 Å². The SMILES string of the molecule is CS(=O)(=O)c1ccc(Cl)c(NC(=O)Cn2cnc3sccc3c2=O)c1. The first-order valence-corrected chi connectivity index (χ1v) is 10.1. The van der Waals surface area contributed by atoms with Gasteiger partial charge in [-0.1, -0.05) is 11.6 Å². The molecule has 0 atom stereocenters. The average Bonchev–Trinajstić information content (AvgIpc) is 3.00. The van der Waals surface area contributed by atoms with Crippen molar-refractivity contribution in [3.05, 3.63) is 51.3 Å². The van der Waals surface area contributed by atoms with Gasteiger partial charge in [0, 0.05) is 6.26 Å². The third-order valence-electron chi connectivity index (χ3n) is 3.40. The highest BCUT2D eigenvalue weighted by Gasteiger charge is 2.14. The number of fused-ring (bicyclic) bond motifs is 1. The molecule has 1 aromatic carbocycles. The van der Waals surface area contributed by atoms with Gasteiger partial charge in [0.05, 0.1) is 27.3 Å². The number of aromatic nitrogens is 2. The fourth-order valence-electron chi connectivity index (χ4n) is 2.18. The molecule has 0 unspecified atom stereocenters. The van der Waals surface area contributed by atoms with Crippen molar-refractivity contribution in [2.75, 3.05) is 11.6 Å². The van der Waals surface area contributed by atoms with E-state index in [1.807, 2.05) is 0 Å². The van der Waals surface area contributed by atoms with Gasteiger partial charge >= 0.3 is 0 Å². The van der Waals surface area contributed by atoms with E-state index >= 15 is 0 Å². The molecule has 7 nitrogen and oxygen atoms in total. The summed E-state index contributed by atoms with van der Waals surface area (Å²) in [6, 6.07) is 5.67. The van der Waals surface area contributed by atoms with Crippen molar-refractivity contribution < 1.29 is 13.2 Å². The van der Waals surface area contributed by atoms with Crippen LogP contribution in [0.4, 0.5) is 5.69 Å². The molecule has 2 aromatic heterocycles. The molecule has 1 amide bonds. The Morgan fingerprint density at radius 2 is 2.12 bits per heavy atom. The third kappa shape index (κ3) is 3.73. The number of sulfone groups is 1. The Labute approximate surface area is 151 Å². The van der Waals surface area contributed by atoms with Gasteiger partial charge in [0.1, 0.15) is 11.4 Å². The minimum absolute atomic E-state index is 0.0331. The number of thiophene rings is 1. The van der Waals surface area contributed by atoms with Gasteiger partial charge in [-0.2, -0.15) is 0 Å². The lowest BCUT2D eigenvalue weighted by atomic mass is 10.3. The first-order chi connectivity index (χ1) is 11.8. The van der Waals surface area contributed by atoms with Gasteiger partial charge in [-0.05, 0) is 29.6 Å². The largest absolute Gasteiger partial charge is 0.323 e. The first kappa shape index (κ1) is 17.6. The van der Waals surface area contributed by atoms with Crippen LogP contribution in [0.3, 0.4) is 0 Å². The number of hydrogen-bond acceptors (Lipinski definition) is 6. The molecule has 3 rings (SSSR count). The van der Waals surface area contributed by atoms with E-state index in [0.717, 1.165) is 6.26 Å². The molecule has 10 heteroatoms. The predicted octanol–water partition coefficient (Wildman–Crippen LogP) is 2.15. The fraction of sp³-hybridized carbons (Fsp3) is 0.133. The number of carbonyl (C=O) groups excluding carboxylic acids is 1. The van der Waals surface area contributed by atoms with Gasteiger partial charge in [-0.3, -0.25) is 14.2 Å². The molecule has 0 saturated carbocycles. The van der Waals surface area contributed by atoms with E-state index in [1.165, 1.54) is 40.4 Å². The molecule has 0 radical (unpaired) electrons. The van der Waals surface area contributed by atoms with Crippen LogP contribution in [-0.4, -0.2) is 30.1 Å². The number of halogens is 1. The maximum atomic E-state index is 12.3. The second-order valence-electron chi connectivity index (χ2n) is 5.28. The lowest BCUT2D eigenvalue weighted by Crippen LogP contribution is -2.27. The molecular weight excluding hydrogens is 386 g/mol. The molecule has 0 bridgehead atoms. The molecule has 0 aliphatic carbocycles. The molecule has 1 N–H and O–H groups in total. The number of rotatable bonds is 4. The van der Waals surface area contributed by atoms with Crippen molar-refractivity contribution in [3.8, 4) is 0 Å². The Morgan fingerprint density at radius 3 is 2.84 bits per heavy atom. The molecule has 130 valence electrons. The summed E-state index contributed by atoms with van der Waals surface area (Å²) in [5.41, 5.74) is -0.162. The van der Waals surface area contributed by atoms with E-state index in [9.17, 15) is 18.0 Å². The zero-order chi connectivity index (χ0) is 18.2. The summed E-state index contributed by atoms with van der Waals surface area (Å²) in [4.78, 5) is 29.2. The highest BCUT2D eigenvalue weighted by atomic mass is 35.5. The van der Waals surface area contributed by atoms with Crippen LogP contribution in [0, 0.1) is 0 Å². The first-order valence-electron chi connectivity index (χ1n) is 6.98. The van der Waals surface area contributed by atoms with Gasteiger partial charge in [0.15, 0.2) is 9.84 Å². The number of anilines is 1. The zero-order valence-corrected chi connectivity index (χ0v) is 15.3. The summed E-state index contributed by atoms with van der Waals surface area (Å²) in [6.45, 7) is -0.267. The zero-order valence-electron chi connectivity index (χ0n) is 12.9. The number of carbonyl (C=O) groups is 1. The van der Waals surface area contributed by atoms with Crippen LogP contribution in [0.5, 0.6) is 0 Å². The van der Waals surface area contributed by atoms with E-state index in [0.29, 0.717) is 10.2 Å². The normalized spacial score (nSPS) is 11.6. The summed E-state index contributed by atoms with van der Waals surface area (Å²) >= 11 is 7.34. The Bertz CT molecular complexity index is 1140. The average molecular weight is 398 g/mol. The molecule has 3 aromatic rings. The Hall–Kier alpha value is -2.23. The lowest BCUT2D eigenvalue weighted by molar-refractivity contribution is -0.116. The predicted molar refractivity (Wildman–Crippen MR) is 97.1 cm³/mol. The van der Waals surface area contributed by atoms with Crippen molar-refractivity contribution in [1.82, 2.24) is 9.55 Å². The molecule has 0 spiro atoms. The molecule has 25 heavy (non-hydrogen) atoms. The number of nitrogens with zero attached hydrogens (tertiary/aromatic N) is 2. The monoisotopic (exact) mass is 397 g/mol. The lowest BCUT2D eigenvalue weighted by Gasteiger charge is -2.10. The van der Waals surface area contributed by atoms with Crippen molar-refractivity contribution >= 4 is 54.6 Å². The molecular formula is C15H12ClN3O4S2. The Balaban J connectivity index is 1.85. The fourth-order valence-corrected chi connectivity index (χ4v) is 3.72. The molecule has 0 aliphatic rings. The third-order valence-corrected chi connectivity index (χ3v) is 5.67. The minimum Gasteiger partial charge on any atom is -0.323 e. The maximum absolute atomic E-state index is 12.3. The van der Waals surface area contributed by atoms with Gasteiger partial charge in [0.2, 0.25) is 5.91 Å². The van der Waals surface area contributed by atoms with Crippen LogP contribution < -0.4 is 10.9 Å². The standard InChI is InChI=1S/C15H12ClN3O4S2/c1-25(22,23)9-2-3-11(16)12(6-9)18-13(20)7-19-8-17-14-10(15(19)21)4-5-24-14/h2-6,8H,7H2,1H3,(H,18,20). The number of benzene rings is 1. The molecule has 0 fully saturated rings. The quantitative estimate of drug-likeness (QED) is 0.727. The molecule has 0 aliphatic heterocycles. The maximum Gasteiger partial charge on any atom is 0.262 e. The van der Waals surface area contributed by atoms with Crippen molar-refractivity contribution in [2.24, 2.45) is 0 Å². The number of amides is 1. The van der Waals surface area contributed by atoms with E-state index < -0.39 is 15.7 Å². The summed E-state index contributed by atoms with van der Waals surface area (Å²) in [5.74, 6) is -0.522. The highest BCUT2D eigenvalue weighted by molar-refractivity contribution is 7.90. The summed E-state index contributed by atoms with van der Waals surface area (Å²) in [7, 11) is -3.44. The summed E-state index contributed by atoms with van der Waals surface area (Å²) in [5, 5.41) is 4.91. The van der Waals surface area contributed by atoms with Gasteiger partial charge in [-0.15, -0.1) is 11.3 Å². The van der Waals surface area contributed by atoms with E-state index in [1.54, 1.807) is 11.4 Å². The van der Waals surface area contributed by atoms with Gasteiger partial charge in [-0.25, -0.2) is 13.4 Å². The van der Waals surface area contributed by atoms with Crippen LogP contribution in [0.25, 0.3) is 10.2 Å². The second-order valence-corrected chi connectivity index (χ2v) is 8.60.